The molecule has 1 rings (SSSR count). The summed E-state index contributed by atoms with van der Waals surface area (Å²) in [6, 6.07) is 0.672. The van der Waals surface area contributed by atoms with Gasteiger partial charge in [-0.1, -0.05) is 11.6 Å². The minimum atomic E-state index is 0.672. The molecule has 1 fully saturated rings. The lowest BCUT2D eigenvalue weighted by atomic mass is 9.90. The van der Waals surface area contributed by atoms with Crippen molar-refractivity contribution in [2.75, 3.05) is 14.2 Å². The Balaban J connectivity index is 2.51. The second-order valence-electron chi connectivity index (χ2n) is 3.89. The number of rotatable bonds is 3. The van der Waals surface area contributed by atoms with Gasteiger partial charge in [0.25, 0.3) is 0 Å². The molecule has 1 saturated carbocycles. The number of ether oxygens (including phenoxy) is 1. The van der Waals surface area contributed by atoms with Crippen molar-refractivity contribution in [3.05, 3.63) is 23.5 Å². The zero-order chi connectivity index (χ0) is 10.4. The van der Waals surface area contributed by atoms with E-state index in [-0.39, 0.29) is 0 Å². The van der Waals surface area contributed by atoms with Crippen LogP contribution in [-0.4, -0.2) is 20.2 Å². The monoisotopic (exact) mass is 195 g/mol. The molecular formula is C12H21NO. The topological polar surface area (TPSA) is 21.3 Å². The number of methoxy groups -OCH3 is 1. The summed E-state index contributed by atoms with van der Waals surface area (Å²) < 4.78 is 5.10. The number of nitrogens with one attached hydrogen (secondary N) is 1. The highest BCUT2D eigenvalue weighted by molar-refractivity contribution is 5.16. The van der Waals surface area contributed by atoms with E-state index in [0.29, 0.717) is 6.04 Å². The molecule has 1 atom stereocenters. The first-order chi connectivity index (χ1) is 6.76. The van der Waals surface area contributed by atoms with Crippen LogP contribution < -0.4 is 5.32 Å². The molecule has 1 aliphatic carbocycles. The molecule has 0 aliphatic heterocycles. The lowest BCUT2D eigenvalue weighted by Gasteiger charge is -2.23. The fourth-order valence-corrected chi connectivity index (χ4v) is 1.80. The SMILES string of the molecule is CNC1CCC/C(=C\C=C(/C)OC)C1. The van der Waals surface area contributed by atoms with Crippen LogP contribution in [0.5, 0.6) is 0 Å². The highest BCUT2D eigenvalue weighted by atomic mass is 16.5. The molecule has 80 valence electrons. The molecule has 0 amide bonds. The van der Waals surface area contributed by atoms with E-state index in [1.54, 1.807) is 7.11 Å². The predicted molar refractivity (Wildman–Crippen MR) is 60.2 cm³/mol. The van der Waals surface area contributed by atoms with Crippen LogP contribution >= 0.6 is 0 Å². The molecule has 14 heavy (non-hydrogen) atoms. The summed E-state index contributed by atoms with van der Waals surface area (Å²) in [5.41, 5.74) is 1.53. The molecule has 0 aromatic carbocycles. The minimum absolute atomic E-state index is 0.672. The van der Waals surface area contributed by atoms with Gasteiger partial charge in [0.2, 0.25) is 0 Å². The Labute approximate surface area is 87.0 Å². The van der Waals surface area contributed by atoms with Crippen molar-refractivity contribution in [2.45, 2.75) is 38.6 Å². The van der Waals surface area contributed by atoms with Crippen LogP contribution in [0.2, 0.25) is 0 Å². The van der Waals surface area contributed by atoms with E-state index in [0.717, 1.165) is 5.76 Å². The lowest BCUT2D eigenvalue weighted by molar-refractivity contribution is 0.293. The molecule has 2 nitrogen and oxygen atoms in total. The summed E-state index contributed by atoms with van der Waals surface area (Å²) in [5, 5.41) is 3.34. The number of hydrogen-bond acceptors (Lipinski definition) is 2. The Morgan fingerprint density at radius 1 is 1.57 bits per heavy atom. The normalized spacial score (nSPS) is 26.6. The second-order valence-corrected chi connectivity index (χ2v) is 3.89. The first-order valence-corrected chi connectivity index (χ1v) is 5.34. The van der Waals surface area contributed by atoms with Crippen molar-refractivity contribution in [1.82, 2.24) is 5.32 Å². The van der Waals surface area contributed by atoms with Crippen LogP contribution in [0, 0.1) is 0 Å². The van der Waals surface area contributed by atoms with Crippen molar-refractivity contribution in [3.63, 3.8) is 0 Å². The van der Waals surface area contributed by atoms with Crippen LogP contribution in [0.3, 0.4) is 0 Å². The van der Waals surface area contributed by atoms with Gasteiger partial charge in [0.05, 0.1) is 12.9 Å². The molecular weight excluding hydrogens is 174 g/mol. The second kappa shape index (κ2) is 5.86. The van der Waals surface area contributed by atoms with E-state index in [1.165, 1.54) is 31.3 Å². The van der Waals surface area contributed by atoms with Crippen molar-refractivity contribution in [1.29, 1.82) is 0 Å². The Kier molecular flexibility index (Phi) is 4.74. The molecule has 0 radical (unpaired) electrons. The van der Waals surface area contributed by atoms with Crippen molar-refractivity contribution < 1.29 is 4.74 Å². The summed E-state index contributed by atoms with van der Waals surface area (Å²) >= 11 is 0. The average Bonchev–Trinajstić information content (AvgIpc) is 2.26. The Morgan fingerprint density at radius 2 is 2.36 bits per heavy atom. The summed E-state index contributed by atoms with van der Waals surface area (Å²) in [4.78, 5) is 0. The maximum absolute atomic E-state index is 5.10. The van der Waals surface area contributed by atoms with Gasteiger partial charge in [0.1, 0.15) is 0 Å². The molecule has 1 unspecified atom stereocenters. The smallest absolute Gasteiger partial charge is 0.0924 e. The van der Waals surface area contributed by atoms with Crippen molar-refractivity contribution in [3.8, 4) is 0 Å². The van der Waals surface area contributed by atoms with Gasteiger partial charge < -0.3 is 10.1 Å². The van der Waals surface area contributed by atoms with Crippen LogP contribution in [-0.2, 0) is 4.74 Å². The zero-order valence-electron chi connectivity index (χ0n) is 9.47. The van der Waals surface area contributed by atoms with E-state index >= 15 is 0 Å². The van der Waals surface area contributed by atoms with Crippen molar-refractivity contribution >= 4 is 0 Å². The van der Waals surface area contributed by atoms with Gasteiger partial charge in [-0.2, -0.15) is 0 Å². The molecule has 0 spiro atoms. The molecule has 0 heterocycles. The molecule has 1 aliphatic rings. The third kappa shape index (κ3) is 3.54. The van der Waals surface area contributed by atoms with Crippen LogP contribution in [0.1, 0.15) is 32.6 Å². The van der Waals surface area contributed by atoms with E-state index < -0.39 is 0 Å². The predicted octanol–water partition coefficient (Wildman–Crippen LogP) is 2.63. The minimum Gasteiger partial charge on any atom is -0.501 e. The molecule has 0 aromatic heterocycles. The van der Waals surface area contributed by atoms with Gasteiger partial charge in [0.15, 0.2) is 0 Å². The molecule has 0 saturated heterocycles. The highest BCUT2D eigenvalue weighted by Gasteiger charge is 2.14. The summed E-state index contributed by atoms with van der Waals surface area (Å²) in [7, 11) is 3.76. The van der Waals surface area contributed by atoms with Crippen molar-refractivity contribution in [2.24, 2.45) is 0 Å². The quantitative estimate of drug-likeness (QED) is 0.699. The molecule has 0 bridgehead atoms. The first kappa shape index (κ1) is 11.3. The third-order valence-corrected chi connectivity index (χ3v) is 2.84. The van der Waals surface area contributed by atoms with Gasteiger partial charge >= 0.3 is 0 Å². The largest absolute Gasteiger partial charge is 0.501 e. The first-order valence-electron chi connectivity index (χ1n) is 5.34. The van der Waals surface area contributed by atoms with Gasteiger partial charge in [-0.05, 0) is 45.7 Å². The molecule has 2 heteroatoms. The number of allylic oxidation sites excluding steroid dienone is 3. The van der Waals surface area contributed by atoms with E-state index in [1.807, 2.05) is 14.0 Å². The van der Waals surface area contributed by atoms with E-state index in [2.05, 4.69) is 17.5 Å². The molecule has 1 N–H and O–H groups in total. The number of hydrogen-bond donors (Lipinski definition) is 1. The van der Waals surface area contributed by atoms with E-state index in [9.17, 15) is 0 Å². The highest BCUT2D eigenvalue weighted by Crippen LogP contribution is 2.23. The van der Waals surface area contributed by atoms with E-state index in [4.69, 9.17) is 4.74 Å². The average molecular weight is 195 g/mol. The zero-order valence-corrected chi connectivity index (χ0v) is 9.47. The van der Waals surface area contributed by atoms with Gasteiger partial charge in [-0.3, -0.25) is 0 Å². The van der Waals surface area contributed by atoms with Crippen LogP contribution in [0.15, 0.2) is 23.5 Å². The summed E-state index contributed by atoms with van der Waals surface area (Å²) in [6.45, 7) is 1.98. The Bertz CT molecular complexity index is 230. The fraction of sp³-hybridized carbons (Fsp3) is 0.667. The standard InChI is InChI=1S/C12H21NO/c1-10(14-3)7-8-11-5-4-6-12(9-11)13-2/h7-8,12-13H,4-6,9H2,1-3H3/b10-7+,11-8+. The third-order valence-electron chi connectivity index (χ3n) is 2.84. The van der Waals surface area contributed by atoms with Crippen LogP contribution in [0.4, 0.5) is 0 Å². The fourth-order valence-electron chi connectivity index (χ4n) is 1.80. The Hall–Kier alpha value is -0.760. The Morgan fingerprint density at radius 3 is 3.00 bits per heavy atom. The van der Waals surface area contributed by atoms with Crippen LogP contribution in [0.25, 0.3) is 0 Å². The lowest BCUT2D eigenvalue weighted by Crippen LogP contribution is -2.28. The maximum atomic E-state index is 5.10. The van der Waals surface area contributed by atoms with Gasteiger partial charge in [0, 0.05) is 6.04 Å². The van der Waals surface area contributed by atoms with Gasteiger partial charge in [-0.25, -0.2) is 0 Å². The summed E-state index contributed by atoms with van der Waals surface area (Å²) in [6.07, 6.45) is 9.31. The summed E-state index contributed by atoms with van der Waals surface area (Å²) in [5.74, 6) is 0.976. The van der Waals surface area contributed by atoms with Gasteiger partial charge in [-0.15, -0.1) is 0 Å². The molecule has 0 aromatic rings. The maximum Gasteiger partial charge on any atom is 0.0924 e.